The second-order valence-electron chi connectivity index (χ2n) is 5.55. The van der Waals surface area contributed by atoms with E-state index in [1.165, 1.54) is 5.56 Å². The Kier molecular flexibility index (Phi) is 4.91. The Hall–Kier alpha value is -1.94. The van der Waals surface area contributed by atoms with Gasteiger partial charge in [0.15, 0.2) is 0 Å². The molecular weight excluding hydrogens is 264 g/mol. The van der Waals surface area contributed by atoms with Crippen LogP contribution in [0.2, 0.25) is 0 Å². The van der Waals surface area contributed by atoms with E-state index in [1.54, 1.807) is 6.92 Å². The monoisotopic (exact) mass is 286 g/mol. The van der Waals surface area contributed by atoms with Crippen LogP contribution in [0, 0.1) is 12.8 Å². The van der Waals surface area contributed by atoms with E-state index in [0.29, 0.717) is 6.54 Å². The van der Waals surface area contributed by atoms with Crippen LogP contribution < -0.4 is 0 Å². The van der Waals surface area contributed by atoms with Crippen LogP contribution in [-0.2, 0) is 11.3 Å². The Morgan fingerprint density at radius 3 is 2.76 bits per heavy atom. The highest BCUT2D eigenvalue weighted by Crippen LogP contribution is 2.16. The predicted octanol–water partition coefficient (Wildman–Crippen LogP) is 3.09. The molecule has 1 atom stereocenters. The number of benzene rings is 1. The van der Waals surface area contributed by atoms with E-state index < -0.39 is 5.97 Å². The summed E-state index contributed by atoms with van der Waals surface area (Å²) < 4.78 is 0. The minimum Gasteiger partial charge on any atom is -0.481 e. The molecule has 1 N–H and O–H groups in total. The summed E-state index contributed by atoms with van der Waals surface area (Å²) >= 11 is 0. The molecule has 0 radical (unpaired) electrons. The van der Waals surface area contributed by atoms with Gasteiger partial charge in [-0.15, -0.1) is 0 Å². The summed E-state index contributed by atoms with van der Waals surface area (Å²) in [6.07, 6.45) is 0. The summed E-state index contributed by atoms with van der Waals surface area (Å²) in [6, 6.07) is 10.3. The topological polar surface area (TPSA) is 53.4 Å². The van der Waals surface area contributed by atoms with E-state index in [9.17, 15) is 4.79 Å². The zero-order chi connectivity index (χ0) is 15.4. The normalized spacial score (nSPS) is 12.8. The molecule has 0 bridgehead atoms. The molecule has 1 aromatic carbocycles. The maximum atomic E-state index is 11.0. The molecule has 0 saturated heterocycles. The maximum absolute atomic E-state index is 11.0. The molecule has 2 rings (SSSR count). The van der Waals surface area contributed by atoms with Gasteiger partial charge in [0.1, 0.15) is 0 Å². The fraction of sp³-hybridized carbons (Fsp3) is 0.412. The molecule has 0 aliphatic heterocycles. The third kappa shape index (κ3) is 4.02. The van der Waals surface area contributed by atoms with Gasteiger partial charge in [-0.2, -0.15) is 0 Å². The summed E-state index contributed by atoms with van der Waals surface area (Å²) in [4.78, 5) is 17.6. The average molecular weight is 286 g/mol. The van der Waals surface area contributed by atoms with Crippen molar-refractivity contribution in [1.82, 2.24) is 9.88 Å². The fourth-order valence-corrected chi connectivity index (χ4v) is 2.40. The van der Waals surface area contributed by atoms with Crippen molar-refractivity contribution < 1.29 is 9.90 Å². The van der Waals surface area contributed by atoms with E-state index in [1.807, 2.05) is 19.1 Å². The molecule has 0 fully saturated rings. The van der Waals surface area contributed by atoms with Crippen molar-refractivity contribution in [2.75, 3.05) is 13.1 Å². The van der Waals surface area contributed by atoms with Crippen LogP contribution in [0.4, 0.5) is 0 Å². The molecule has 1 unspecified atom stereocenters. The number of rotatable bonds is 6. The van der Waals surface area contributed by atoms with E-state index in [0.717, 1.165) is 29.7 Å². The molecule has 1 aromatic heterocycles. The fourth-order valence-electron chi connectivity index (χ4n) is 2.40. The van der Waals surface area contributed by atoms with Gasteiger partial charge in [0.05, 0.1) is 11.4 Å². The highest BCUT2D eigenvalue weighted by Gasteiger charge is 2.15. The van der Waals surface area contributed by atoms with Crippen molar-refractivity contribution in [2.24, 2.45) is 5.92 Å². The molecule has 0 aliphatic carbocycles. The van der Waals surface area contributed by atoms with Crippen LogP contribution in [0.3, 0.4) is 0 Å². The number of aromatic nitrogens is 1. The third-order valence-corrected chi connectivity index (χ3v) is 3.70. The standard InChI is InChI=1S/C17H22N2O2/c1-4-19(10-12(2)17(20)21)11-14-6-8-16-15(9-14)7-5-13(3)18-16/h5-9,12H,4,10-11H2,1-3H3,(H,20,21). The van der Waals surface area contributed by atoms with Gasteiger partial charge in [-0.25, -0.2) is 0 Å². The highest BCUT2D eigenvalue weighted by molar-refractivity contribution is 5.79. The van der Waals surface area contributed by atoms with Gasteiger partial charge in [-0.05, 0) is 37.2 Å². The second kappa shape index (κ2) is 6.68. The zero-order valence-corrected chi connectivity index (χ0v) is 12.8. The number of aryl methyl sites for hydroxylation is 1. The number of hydrogen-bond donors (Lipinski definition) is 1. The van der Waals surface area contributed by atoms with Crippen molar-refractivity contribution in [1.29, 1.82) is 0 Å². The van der Waals surface area contributed by atoms with Crippen LogP contribution >= 0.6 is 0 Å². The summed E-state index contributed by atoms with van der Waals surface area (Å²) in [5.74, 6) is -1.10. The number of carbonyl (C=O) groups is 1. The Balaban J connectivity index is 2.14. The van der Waals surface area contributed by atoms with Gasteiger partial charge in [0, 0.05) is 24.2 Å². The Bertz CT molecular complexity index is 640. The number of carboxylic acid groups (broad SMARTS) is 1. The van der Waals surface area contributed by atoms with Gasteiger partial charge >= 0.3 is 5.97 Å². The predicted molar refractivity (Wildman–Crippen MR) is 84.2 cm³/mol. The van der Waals surface area contributed by atoms with Crippen molar-refractivity contribution in [2.45, 2.75) is 27.3 Å². The number of aliphatic carboxylic acids is 1. The van der Waals surface area contributed by atoms with E-state index in [2.05, 4.69) is 35.0 Å². The van der Waals surface area contributed by atoms with E-state index >= 15 is 0 Å². The van der Waals surface area contributed by atoms with Crippen molar-refractivity contribution >= 4 is 16.9 Å². The number of pyridine rings is 1. The van der Waals surface area contributed by atoms with Gasteiger partial charge in [0.25, 0.3) is 0 Å². The van der Waals surface area contributed by atoms with E-state index in [4.69, 9.17) is 5.11 Å². The molecular formula is C17H22N2O2. The Morgan fingerprint density at radius 2 is 2.10 bits per heavy atom. The smallest absolute Gasteiger partial charge is 0.307 e. The number of fused-ring (bicyclic) bond motifs is 1. The Labute approximate surface area is 125 Å². The largest absolute Gasteiger partial charge is 0.481 e. The zero-order valence-electron chi connectivity index (χ0n) is 12.8. The van der Waals surface area contributed by atoms with E-state index in [-0.39, 0.29) is 5.92 Å². The van der Waals surface area contributed by atoms with Crippen LogP contribution in [0.1, 0.15) is 25.1 Å². The van der Waals surface area contributed by atoms with Crippen LogP contribution in [0.5, 0.6) is 0 Å². The first-order chi connectivity index (χ1) is 9.99. The maximum Gasteiger partial charge on any atom is 0.307 e. The molecule has 2 aromatic rings. The first kappa shape index (κ1) is 15.4. The third-order valence-electron chi connectivity index (χ3n) is 3.70. The van der Waals surface area contributed by atoms with Gasteiger partial charge in [-0.1, -0.05) is 26.0 Å². The SMILES string of the molecule is CCN(Cc1ccc2nc(C)ccc2c1)CC(C)C(=O)O. The lowest BCUT2D eigenvalue weighted by molar-refractivity contribution is -0.141. The molecule has 4 nitrogen and oxygen atoms in total. The Morgan fingerprint density at radius 1 is 1.33 bits per heavy atom. The van der Waals surface area contributed by atoms with Gasteiger partial charge in [0.2, 0.25) is 0 Å². The second-order valence-corrected chi connectivity index (χ2v) is 5.55. The van der Waals surface area contributed by atoms with Crippen LogP contribution in [-0.4, -0.2) is 34.0 Å². The minimum absolute atomic E-state index is 0.352. The molecule has 1 heterocycles. The van der Waals surface area contributed by atoms with Crippen molar-refractivity contribution in [3.8, 4) is 0 Å². The minimum atomic E-state index is -0.744. The number of carboxylic acids is 1. The van der Waals surface area contributed by atoms with Gasteiger partial charge < -0.3 is 5.11 Å². The molecule has 0 amide bonds. The lowest BCUT2D eigenvalue weighted by Crippen LogP contribution is -2.31. The molecule has 21 heavy (non-hydrogen) atoms. The first-order valence-corrected chi connectivity index (χ1v) is 7.31. The summed E-state index contributed by atoms with van der Waals surface area (Å²) in [5.41, 5.74) is 3.20. The lowest BCUT2D eigenvalue weighted by atomic mass is 10.1. The molecule has 4 heteroatoms. The summed E-state index contributed by atoms with van der Waals surface area (Å²) in [6.45, 7) is 7.95. The quantitative estimate of drug-likeness (QED) is 0.886. The van der Waals surface area contributed by atoms with Crippen LogP contribution in [0.15, 0.2) is 30.3 Å². The highest BCUT2D eigenvalue weighted by atomic mass is 16.4. The molecule has 0 aliphatic rings. The van der Waals surface area contributed by atoms with Crippen molar-refractivity contribution in [3.05, 3.63) is 41.6 Å². The number of hydrogen-bond acceptors (Lipinski definition) is 3. The lowest BCUT2D eigenvalue weighted by Gasteiger charge is -2.22. The molecule has 112 valence electrons. The average Bonchev–Trinajstić information content (AvgIpc) is 2.46. The first-order valence-electron chi connectivity index (χ1n) is 7.31. The molecule has 0 spiro atoms. The van der Waals surface area contributed by atoms with Crippen LogP contribution in [0.25, 0.3) is 10.9 Å². The van der Waals surface area contributed by atoms with Crippen molar-refractivity contribution in [3.63, 3.8) is 0 Å². The number of nitrogens with zero attached hydrogens (tertiary/aromatic N) is 2. The van der Waals surface area contributed by atoms with Gasteiger partial charge in [-0.3, -0.25) is 14.7 Å². The summed E-state index contributed by atoms with van der Waals surface area (Å²) in [5, 5.41) is 10.2. The molecule has 0 saturated carbocycles. The summed E-state index contributed by atoms with van der Waals surface area (Å²) in [7, 11) is 0.